The summed E-state index contributed by atoms with van der Waals surface area (Å²) in [5.41, 5.74) is 0. The third-order valence-corrected chi connectivity index (χ3v) is 2.33. The smallest absolute Gasteiger partial charge is 0.0580 e. The van der Waals surface area contributed by atoms with Gasteiger partial charge in [0, 0.05) is 6.54 Å². The highest BCUT2D eigenvalue weighted by Crippen LogP contribution is 2.14. The second-order valence-corrected chi connectivity index (χ2v) is 3.08. The van der Waals surface area contributed by atoms with Crippen molar-refractivity contribution in [2.45, 2.75) is 32.3 Å². The molecule has 10 heavy (non-hydrogen) atoms. The summed E-state index contributed by atoms with van der Waals surface area (Å²) in [5.74, 6) is 0.488. The summed E-state index contributed by atoms with van der Waals surface area (Å²) >= 11 is 0. The van der Waals surface area contributed by atoms with E-state index in [1.807, 2.05) is 0 Å². The van der Waals surface area contributed by atoms with E-state index in [0.29, 0.717) is 5.92 Å². The summed E-state index contributed by atoms with van der Waals surface area (Å²) in [4.78, 5) is 0. The molecule has 0 radical (unpaired) electrons. The van der Waals surface area contributed by atoms with Crippen molar-refractivity contribution in [3.05, 3.63) is 0 Å². The second kappa shape index (κ2) is 3.94. The van der Waals surface area contributed by atoms with Crippen molar-refractivity contribution >= 4 is 0 Å². The highest BCUT2D eigenvalue weighted by atomic mass is 16.3. The van der Waals surface area contributed by atoms with Gasteiger partial charge in [0.05, 0.1) is 6.10 Å². The molecule has 0 aromatic carbocycles. The zero-order valence-electron chi connectivity index (χ0n) is 6.64. The van der Waals surface area contributed by atoms with Gasteiger partial charge in [0.15, 0.2) is 0 Å². The van der Waals surface area contributed by atoms with Gasteiger partial charge >= 0.3 is 0 Å². The van der Waals surface area contributed by atoms with Gasteiger partial charge in [0.2, 0.25) is 0 Å². The Hall–Kier alpha value is -0.0800. The topological polar surface area (TPSA) is 32.3 Å². The number of hydrogen-bond donors (Lipinski definition) is 2. The van der Waals surface area contributed by atoms with Crippen molar-refractivity contribution in [3.8, 4) is 0 Å². The molecule has 1 rings (SSSR count). The molecule has 0 spiro atoms. The largest absolute Gasteiger partial charge is 0.393 e. The van der Waals surface area contributed by atoms with E-state index in [0.717, 1.165) is 32.4 Å². The van der Waals surface area contributed by atoms with Gasteiger partial charge in [0.1, 0.15) is 0 Å². The molecule has 1 fully saturated rings. The first-order chi connectivity index (χ1) is 4.84. The lowest BCUT2D eigenvalue weighted by Gasteiger charge is -2.17. The maximum atomic E-state index is 9.51. The van der Waals surface area contributed by atoms with Crippen LogP contribution in [0.1, 0.15) is 26.2 Å². The van der Waals surface area contributed by atoms with Crippen LogP contribution < -0.4 is 5.32 Å². The van der Waals surface area contributed by atoms with Crippen LogP contribution in [-0.2, 0) is 0 Å². The summed E-state index contributed by atoms with van der Waals surface area (Å²) in [5, 5.41) is 12.8. The summed E-state index contributed by atoms with van der Waals surface area (Å²) < 4.78 is 0. The van der Waals surface area contributed by atoms with Crippen LogP contribution in [0.15, 0.2) is 0 Å². The first kappa shape index (κ1) is 8.02. The Morgan fingerprint density at radius 1 is 1.60 bits per heavy atom. The van der Waals surface area contributed by atoms with Crippen LogP contribution in [-0.4, -0.2) is 24.3 Å². The van der Waals surface area contributed by atoms with E-state index in [1.165, 1.54) is 0 Å². The number of aliphatic hydroxyl groups is 1. The third kappa shape index (κ3) is 1.96. The van der Waals surface area contributed by atoms with Gasteiger partial charge in [-0.15, -0.1) is 0 Å². The Morgan fingerprint density at radius 2 is 2.40 bits per heavy atom. The van der Waals surface area contributed by atoms with Gasteiger partial charge in [-0.2, -0.15) is 0 Å². The molecule has 0 saturated carbocycles. The van der Waals surface area contributed by atoms with Crippen molar-refractivity contribution in [2.24, 2.45) is 5.92 Å². The van der Waals surface area contributed by atoms with Gasteiger partial charge in [-0.25, -0.2) is 0 Å². The minimum Gasteiger partial charge on any atom is -0.393 e. The average molecular weight is 143 g/mol. The van der Waals surface area contributed by atoms with E-state index in [2.05, 4.69) is 12.2 Å². The van der Waals surface area contributed by atoms with E-state index in [9.17, 15) is 5.11 Å². The van der Waals surface area contributed by atoms with Crippen LogP contribution in [0.5, 0.6) is 0 Å². The SMILES string of the molecule is CC[C@@H]1CNCCC[C@@H]1O. The van der Waals surface area contributed by atoms with Gasteiger partial charge < -0.3 is 10.4 Å². The summed E-state index contributed by atoms with van der Waals surface area (Å²) in [6, 6.07) is 0. The molecule has 1 saturated heterocycles. The average Bonchev–Trinajstić information content (AvgIpc) is 2.13. The normalized spacial score (nSPS) is 35.4. The lowest BCUT2D eigenvalue weighted by molar-refractivity contribution is 0.104. The molecule has 2 N–H and O–H groups in total. The van der Waals surface area contributed by atoms with Crippen LogP contribution in [0.2, 0.25) is 0 Å². The van der Waals surface area contributed by atoms with Crippen molar-refractivity contribution in [1.29, 1.82) is 0 Å². The molecule has 0 amide bonds. The van der Waals surface area contributed by atoms with Crippen LogP contribution >= 0.6 is 0 Å². The predicted molar refractivity (Wildman–Crippen MR) is 41.9 cm³/mol. The standard InChI is InChI=1S/C8H17NO/c1-2-7-6-9-5-3-4-8(7)10/h7-10H,2-6H2,1H3/t7-,8+/m1/s1. The fourth-order valence-electron chi connectivity index (χ4n) is 1.51. The molecule has 1 heterocycles. The molecular weight excluding hydrogens is 126 g/mol. The number of aliphatic hydroxyl groups excluding tert-OH is 1. The number of nitrogens with one attached hydrogen (secondary N) is 1. The molecular formula is C8H17NO. The van der Waals surface area contributed by atoms with Gasteiger partial charge in [-0.1, -0.05) is 6.92 Å². The van der Waals surface area contributed by atoms with E-state index in [-0.39, 0.29) is 6.10 Å². The first-order valence-electron chi connectivity index (χ1n) is 4.23. The third-order valence-electron chi connectivity index (χ3n) is 2.33. The Labute approximate surface area is 62.6 Å². The Morgan fingerprint density at radius 3 is 3.10 bits per heavy atom. The summed E-state index contributed by atoms with van der Waals surface area (Å²) in [7, 11) is 0. The van der Waals surface area contributed by atoms with Crippen LogP contribution in [0.3, 0.4) is 0 Å². The van der Waals surface area contributed by atoms with E-state index >= 15 is 0 Å². The van der Waals surface area contributed by atoms with Crippen LogP contribution in [0.4, 0.5) is 0 Å². The molecule has 60 valence electrons. The molecule has 2 nitrogen and oxygen atoms in total. The van der Waals surface area contributed by atoms with Crippen molar-refractivity contribution in [1.82, 2.24) is 5.32 Å². The Kier molecular flexibility index (Phi) is 3.16. The predicted octanol–water partition coefficient (Wildman–Crippen LogP) is 0.757. The Balaban J connectivity index is 2.35. The molecule has 2 heteroatoms. The molecule has 0 unspecified atom stereocenters. The molecule has 0 bridgehead atoms. The minimum atomic E-state index is -0.0556. The van der Waals surface area contributed by atoms with Crippen molar-refractivity contribution in [3.63, 3.8) is 0 Å². The van der Waals surface area contributed by atoms with E-state index < -0.39 is 0 Å². The molecule has 0 aromatic heterocycles. The fourth-order valence-corrected chi connectivity index (χ4v) is 1.51. The zero-order valence-corrected chi connectivity index (χ0v) is 6.64. The number of rotatable bonds is 1. The maximum absolute atomic E-state index is 9.51. The molecule has 1 aliphatic rings. The molecule has 0 aliphatic carbocycles. The summed E-state index contributed by atoms with van der Waals surface area (Å²) in [6.07, 6.45) is 3.14. The Bertz CT molecular complexity index is 95.3. The van der Waals surface area contributed by atoms with Crippen LogP contribution in [0.25, 0.3) is 0 Å². The van der Waals surface area contributed by atoms with Gasteiger partial charge in [0.25, 0.3) is 0 Å². The molecule has 0 aromatic rings. The number of hydrogen-bond acceptors (Lipinski definition) is 2. The van der Waals surface area contributed by atoms with Gasteiger partial charge in [-0.3, -0.25) is 0 Å². The second-order valence-electron chi connectivity index (χ2n) is 3.08. The summed E-state index contributed by atoms with van der Waals surface area (Å²) in [6.45, 7) is 4.21. The van der Waals surface area contributed by atoms with Crippen molar-refractivity contribution < 1.29 is 5.11 Å². The monoisotopic (exact) mass is 143 g/mol. The lowest BCUT2D eigenvalue weighted by atomic mass is 9.98. The maximum Gasteiger partial charge on any atom is 0.0580 e. The van der Waals surface area contributed by atoms with E-state index in [4.69, 9.17) is 0 Å². The van der Waals surface area contributed by atoms with Crippen molar-refractivity contribution in [2.75, 3.05) is 13.1 Å². The molecule has 1 aliphatic heterocycles. The first-order valence-corrected chi connectivity index (χ1v) is 4.23. The van der Waals surface area contributed by atoms with Crippen LogP contribution in [0, 0.1) is 5.92 Å². The lowest BCUT2D eigenvalue weighted by Crippen LogP contribution is -2.26. The minimum absolute atomic E-state index is 0.0556. The highest BCUT2D eigenvalue weighted by molar-refractivity contribution is 4.73. The highest BCUT2D eigenvalue weighted by Gasteiger charge is 2.18. The zero-order chi connectivity index (χ0) is 7.40. The fraction of sp³-hybridized carbons (Fsp3) is 1.00. The van der Waals surface area contributed by atoms with E-state index in [1.54, 1.807) is 0 Å². The quantitative estimate of drug-likeness (QED) is 0.568. The van der Waals surface area contributed by atoms with Gasteiger partial charge in [-0.05, 0) is 31.7 Å². The molecule has 2 atom stereocenters.